The Morgan fingerprint density at radius 3 is 2.36 bits per heavy atom. The predicted molar refractivity (Wildman–Crippen MR) is 59.1 cm³/mol. The van der Waals surface area contributed by atoms with E-state index in [-0.39, 0.29) is 0 Å². The van der Waals surface area contributed by atoms with E-state index in [0.717, 1.165) is 0 Å². The molecule has 1 rings (SSSR count). The van der Waals surface area contributed by atoms with Crippen molar-refractivity contribution < 1.29 is 0 Å². The van der Waals surface area contributed by atoms with Crippen molar-refractivity contribution in [2.45, 2.75) is 39.8 Å². The van der Waals surface area contributed by atoms with E-state index in [1.807, 2.05) is 17.9 Å². The molecule has 80 valence electrons. The highest BCUT2D eigenvalue weighted by Gasteiger charge is 2.12. The molecular weight excluding hydrogens is 174 g/mol. The quantitative estimate of drug-likeness (QED) is 0.797. The maximum Gasteiger partial charge on any atom is 0.0537 e. The third-order valence-corrected chi connectivity index (χ3v) is 2.74. The summed E-state index contributed by atoms with van der Waals surface area (Å²) in [5.41, 5.74) is 1.25. The molecule has 1 aromatic rings. The highest BCUT2D eigenvalue weighted by Crippen LogP contribution is 2.13. The van der Waals surface area contributed by atoms with Crippen LogP contribution in [0.25, 0.3) is 0 Å². The van der Waals surface area contributed by atoms with Crippen LogP contribution in [0.4, 0.5) is 0 Å². The van der Waals surface area contributed by atoms with Gasteiger partial charge in [-0.3, -0.25) is 4.68 Å². The van der Waals surface area contributed by atoms with Crippen LogP contribution >= 0.6 is 0 Å². The van der Waals surface area contributed by atoms with Crippen LogP contribution in [0, 0.1) is 5.92 Å². The fourth-order valence-electron chi connectivity index (χ4n) is 1.35. The Morgan fingerprint density at radius 1 is 1.29 bits per heavy atom. The SMILES string of the molecule is CC(C)[C@@H](C)N[C@H](C)c1cnn(C)c1. The lowest BCUT2D eigenvalue weighted by Gasteiger charge is -2.22. The summed E-state index contributed by atoms with van der Waals surface area (Å²) >= 11 is 0. The van der Waals surface area contributed by atoms with E-state index in [0.29, 0.717) is 18.0 Å². The topological polar surface area (TPSA) is 29.9 Å². The van der Waals surface area contributed by atoms with Crippen LogP contribution in [-0.2, 0) is 7.05 Å². The normalized spacial score (nSPS) is 15.9. The van der Waals surface area contributed by atoms with Gasteiger partial charge in [0.05, 0.1) is 6.20 Å². The highest BCUT2D eigenvalue weighted by atomic mass is 15.2. The summed E-state index contributed by atoms with van der Waals surface area (Å²) in [6.07, 6.45) is 3.98. The molecule has 1 heterocycles. The largest absolute Gasteiger partial charge is 0.307 e. The van der Waals surface area contributed by atoms with E-state index < -0.39 is 0 Å². The number of rotatable bonds is 4. The minimum absolute atomic E-state index is 0.376. The first-order valence-electron chi connectivity index (χ1n) is 5.25. The van der Waals surface area contributed by atoms with E-state index in [4.69, 9.17) is 0 Å². The van der Waals surface area contributed by atoms with Gasteiger partial charge in [0.1, 0.15) is 0 Å². The Balaban J connectivity index is 2.54. The minimum Gasteiger partial charge on any atom is -0.307 e. The van der Waals surface area contributed by atoms with Gasteiger partial charge in [-0.25, -0.2) is 0 Å². The van der Waals surface area contributed by atoms with Crippen molar-refractivity contribution >= 4 is 0 Å². The summed E-state index contributed by atoms with van der Waals surface area (Å²) in [5, 5.41) is 7.72. The van der Waals surface area contributed by atoms with Crippen molar-refractivity contribution in [1.29, 1.82) is 0 Å². The zero-order chi connectivity index (χ0) is 10.7. The smallest absolute Gasteiger partial charge is 0.0537 e. The summed E-state index contributed by atoms with van der Waals surface area (Å²) in [4.78, 5) is 0. The van der Waals surface area contributed by atoms with Gasteiger partial charge in [0.15, 0.2) is 0 Å². The average molecular weight is 195 g/mol. The maximum absolute atomic E-state index is 4.17. The molecule has 0 aromatic carbocycles. The third kappa shape index (κ3) is 2.84. The molecule has 14 heavy (non-hydrogen) atoms. The van der Waals surface area contributed by atoms with Crippen molar-refractivity contribution in [1.82, 2.24) is 15.1 Å². The molecule has 0 radical (unpaired) electrons. The molecule has 0 fully saturated rings. The Morgan fingerprint density at radius 2 is 1.93 bits per heavy atom. The second-order valence-electron chi connectivity index (χ2n) is 4.37. The lowest BCUT2D eigenvalue weighted by Crippen LogP contribution is -2.32. The summed E-state index contributed by atoms with van der Waals surface area (Å²) < 4.78 is 1.84. The molecule has 0 aliphatic rings. The lowest BCUT2D eigenvalue weighted by atomic mass is 10.0. The molecular formula is C11H21N3. The summed E-state index contributed by atoms with van der Waals surface area (Å²) in [5.74, 6) is 0.661. The van der Waals surface area contributed by atoms with E-state index >= 15 is 0 Å². The standard InChI is InChI=1S/C11H21N3/c1-8(2)9(3)13-10(4)11-6-12-14(5)7-11/h6-10,13H,1-5H3/t9-,10-/m1/s1. The number of aryl methyl sites for hydroxylation is 1. The first-order chi connectivity index (χ1) is 6.50. The van der Waals surface area contributed by atoms with Gasteiger partial charge in [0.2, 0.25) is 0 Å². The van der Waals surface area contributed by atoms with Crippen molar-refractivity contribution in [3.63, 3.8) is 0 Å². The number of hydrogen-bond acceptors (Lipinski definition) is 2. The van der Waals surface area contributed by atoms with Gasteiger partial charge in [-0.2, -0.15) is 5.10 Å². The maximum atomic E-state index is 4.17. The average Bonchev–Trinajstić information content (AvgIpc) is 2.51. The van der Waals surface area contributed by atoms with E-state index in [9.17, 15) is 0 Å². The molecule has 1 aromatic heterocycles. The molecule has 2 atom stereocenters. The van der Waals surface area contributed by atoms with Crippen molar-refractivity contribution in [2.24, 2.45) is 13.0 Å². The van der Waals surface area contributed by atoms with Gasteiger partial charge in [-0.1, -0.05) is 13.8 Å². The first-order valence-corrected chi connectivity index (χ1v) is 5.25. The molecule has 0 aliphatic carbocycles. The van der Waals surface area contributed by atoms with Gasteiger partial charge in [-0.15, -0.1) is 0 Å². The van der Waals surface area contributed by atoms with Crippen LogP contribution in [0.1, 0.15) is 39.3 Å². The Bertz CT molecular complexity index is 278. The fraction of sp³-hybridized carbons (Fsp3) is 0.727. The van der Waals surface area contributed by atoms with Gasteiger partial charge in [-0.05, 0) is 19.8 Å². The van der Waals surface area contributed by atoms with Gasteiger partial charge >= 0.3 is 0 Å². The molecule has 0 amide bonds. The molecule has 0 saturated carbocycles. The van der Waals surface area contributed by atoms with Crippen LogP contribution in [-0.4, -0.2) is 15.8 Å². The Hall–Kier alpha value is -0.830. The summed E-state index contributed by atoms with van der Waals surface area (Å²) in [6.45, 7) is 8.86. The molecule has 0 bridgehead atoms. The monoisotopic (exact) mass is 195 g/mol. The van der Waals surface area contributed by atoms with Gasteiger partial charge < -0.3 is 5.32 Å². The number of hydrogen-bond donors (Lipinski definition) is 1. The van der Waals surface area contributed by atoms with Crippen LogP contribution in [0.5, 0.6) is 0 Å². The fourth-order valence-corrected chi connectivity index (χ4v) is 1.35. The zero-order valence-electron chi connectivity index (χ0n) is 9.78. The molecule has 0 unspecified atom stereocenters. The first kappa shape index (κ1) is 11.2. The van der Waals surface area contributed by atoms with Crippen molar-refractivity contribution in [2.75, 3.05) is 0 Å². The Kier molecular flexibility index (Phi) is 3.69. The highest BCUT2D eigenvalue weighted by molar-refractivity contribution is 5.09. The van der Waals surface area contributed by atoms with Crippen LogP contribution < -0.4 is 5.32 Å². The van der Waals surface area contributed by atoms with Crippen molar-refractivity contribution in [3.8, 4) is 0 Å². The molecule has 3 heteroatoms. The zero-order valence-corrected chi connectivity index (χ0v) is 9.78. The lowest BCUT2D eigenvalue weighted by molar-refractivity contribution is 0.389. The van der Waals surface area contributed by atoms with Crippen LogP contribution in [0.2, 0.25) is 0 Å². The second-order valence-corrected chi connectivity index (χ2v) is 4.37. The Labute approximate surface area is 86.5 Å². The predicted octanol–water partition coefficient (Wildman–Crippen LogP) is 2.12. The number of nitrogens with one attached hydrogen (secondary N) is 1. The van der Waals surface area contributed by atoms with Crippen LogP contribution in [0.15, 0.2) is 12.4 Å². The number of aromatic nitrogens is 2. The molecule has 0 saturated heterocycles. The third-order valence-electron chi connectivity index (χ3n) is 2.74. The molecule has 3 nitrogen and oxygen atoms in total. The molecule has 0 spiro atoms. The van der Waals surface area contributed by atoms with Crippen LogP contribution in [0.3, 0.4) is 0 Å². The van der Waals surface area contributed by atoms with Gasteiger partial charge in [0, 0.05) is 30.9 Å². The molecule has 0 aliphatic heterocycles. The van der Waals surface area contributed by atoms with Gasteiger partial charge in [0.25, 0.3) is 0 Å². The minimum atomic E-state index is 0.376. The molecule has 1 N–H and O–H groups in total. The second kappa shape index (κ2) is 4.60. The van der Waals surface area contributed by atoms with E-state index in [1.54, 1.807) is 0 Å². The summed E-state index contributed by atoms with van der Waals surface area (Å²) in [6, 6.07) is 0.909. The van der Waals surface area contributed by atoms with Crippen molar-refractivity contribution in [3.05, 3.63) is 18.0 Å². The number of nitrogens with zero attached hydrogens (tertiary/aromatic N) is 2. The summed E-state index contributed by atoms with van der Waals surface area (Å²) in [7, 11) is 1.95. The van der Waals surface area contributed by atoms with E-state index in [2.05, 4.69) is 44.3 Å². The van der Waals surface area contributed by atoms with E-state index in [1.165, 1.54) is 5.56 Å².